The van der Waals surface area contributed by atoms with Crippen molar-refractivity contribution in [3.63, 3.8) is 0 Å². The zero-order valence-electron chi connectivity index (χ0n) is 24.3. The quantitative estimate of drug-likeness (QED) is 0.0832. The van der Waals surface area contributed by atoms with Crippen LogP contribution in [0.25, 0.3) is 0 Å². The van der Waals surface area contributed by atoms with Crippen LogP contribution >= 0.6 is 0 Å². The lowest BCUT2D eigenvalue weighted by Crippen LogP contribution is -2.67. The summed E-state index contributed by atoms with van der Waals surface area (Å²) < 4.78 is 23.2. The molecule has 2 saturated heterocycles. The van der Waals surface area contributed by atoms with E-state index in [1.807, 2.05) is 0 Å². The Morgan fingerprint density at radius 1 is 0.864 bits per heavy atom. The summed E-state index contributed by atoms with van der Waals surface area (Å²) in [7, 11) is 0. The molecule has 18 heteroatoms. The van der Waals surface area contributed by atoms with Crippen molar-refractivity contribution in [3.05, 3.63) is 0 Å². The van der Waals surface area contributed by atoms with Gasteiger partial charge in [-0.1, -0.05) is 0 Å². The largest absolute Gasteiger partial charge is 0.394 e. The number of carbonyl (C=O) groups excluding carboxylic acids is 1. The van der Waals surface area contributed by atoms with Crippen molar-refractivity contribution < 1.29 is 64.6 Å². The number of ether oxygens (including phenoxy) is 4. The second-order valence-corrected chi connectivity index (χ2v) is 12.4. The van der Waals surface area contributed by atoms with Gasteiger partial charge in [0.15, 0.2) is 18.4 Å². The fourth-order valence-electron chi connectivity index (χ4n) is 6.13. The lowest BCUT2D eigenvalue weighted by molar-refractivity contribution is -0.335. The van der Waals surface area contributed by atoms with Crippen LogP contribution in [-0.2, 0) is 23.7 Å². The molecule has 2 aliphatic heterocycles. The average Bonchev–Trinajstić information content (AvgIpc) is 3.62. The molecule has 0 aromatic rings. The van der Waals surface area contributed by atoms with Crippen molar-refractivity contribution in [1.82, 2.24) is 5.32 Å². The number of nitrogens with one attached hydrogen (secondary N) is 1. The number of ketones is 1. The minimum atomic E-state index is -1.73. The number of aliphatic hydroxyl groups excluding tert-OH is 7. The van der Waals surface area contributed by atoms with Gasteiger partial charge < -0.3 is 88.1 Å². The first-order valence-electron chi connectivity index (χ1n) is 15.0. The highest BCUT2D eigenvalue weighted by Gasteiger charge is 2.58. The highest BCUT2D eigenvalue weighted by molar-refractivity contribution is 5.91. The first-order valence-corrected chi connectivity index (χ1v) is 15.0. The number of Topliss-reactive ketones (excluding diaryl/α,β-unsaturated/α-hetero) is 1. The number of rotatable bonds is 13. The van der Waals surface area contributed by atoms with Crippen LogP contribution in [0.4, 0.5) is 0 Å². The molecule has 44 heavy (non-hydrogen) atoms. The molecule has 0 radical (unpaired) electrons. The summed E-state index contributed by atoms with van der Waals surface area (Å²) in [6, 6.07) is -3.02. The van der Waals surface area contributed by atoms with E-state index in [0.717, 1.165) is 0 Å². The van der Waals surface area contributed by atoms with Crippen LogP contribution in [0, 0.1) is 5.92 Å². The molecule has 0 bridgehead atoms. The first-order chi connectivity index (χ1) is 20.7. The minimum absolute atomic E-state index is 0.0254. The summed E-state index contributed by atoms with van der Waals surface area (Å²) in [5.74, 6) is -1.46. The molecule has 17 atom stereocenters. The average molecular weight is 640 g/mol. The van der Waals surface area contributed by atoms with E-state index in [2.05, 4.69) is 5.32 Å². The molecule has 4 fully saturated rings. The molecule has 256 valence electrons. The van der Waals surface area contributed by atoms with E-state index in [1.165, 1.54) is 0 Å². The van der Waals surface area contributed by atoms with Gasteiger partial charge in [-0.2, -0.15) is 0 Å². The summed E-state index contributed by atoms with van der Waals surface area (Å²) in [5.41, 5.74) is 21.8. The number of aliphatic hydroxyl groups is 8. The van der Waals surface area contributed by atoms with E-state index in [4.69, 9.17) is 41.9 Å². The molecule has 17 N–H and O–H groups in total. The van der Waals surface area contributed by atoms with E-state index in [-0.39, 0.29) is 25.8 Å². The lowest BCUT2D eigenvalue weighted by Gasteiger charge is -2.49. The summed E-state index contributed by atoms with van der Waals surface area (Å²) in [4.78, 5) is 13.0. The third-order valence-electron chi connectivity index (χ3n) is 9.14. The molecular weight excluding hydrogens is 590 g/mol. The van der Waals surface area contributed by atoms with Crippen molar-refractivity contribution in [1.29, 1.82) is 0 Å². The lowest BCUT2D eigenvalue weighted by atomic mass is 9.76. The molecule has 2 saturated carbocycles. The van der Waals surface area contributed by atoms with Gasteiger partial charge in [0, 0.05) is 31.5 Å². The van der Waals surface area contributed by atoms with Gasteiger partial charge in [-0.15, -0.1) is 0 Å². The molecule has 2 aliphatic carbocycles. The summed E-state index contributed by atoms with van der Waals surface area (Å²) in [5, 5.41) is 87.2. The predicted octanol–water partition coefficient (Wildman–Crippen LogP) is -7.60. The molecule has 0 amide bonds. The normalized spacial score (nSPS) is 49.5. The van der Waals surface area contributed by atoms with E-state index in [0.29, 0.717) is 19.5 Å². The fraction of sp³-hybridized carbons (Fsp3) is 0.962. The zero-order valence-corrected chi connectivity index (χ0v) is 24.3. The Hall–Kier alpha value is -1.01. The predicted molar refractivity (Wildman–Crippen MR) is 148 cm³/mol. The third kappa shape index (κ3) is 7.42. The zero-order chi connectivity index (χ0) is 32.5. The minimum Gasteiger partial charge on any atom is -0.394 e. The first kappa shape index (κ1) is 35.8. The molecule has 0 spiro atoms. The van der Waals surface area contributed by atoms with Crippen molar-refractivity contribution in [2.24, 2.45) is 28.9 Å². The molecule has 4 rings (SSSR count). The summed E-state index contributed by atoms with van der Waals surface area (Å²) >= 11 is 0. The molecule has 18 nitrogen and oxygen atoms in total. The van der Waals surface area contributed by atoms with Gasteiger partial charge in [0.1, 0.15) is 60.5 Å². The van der Waals surface area contributed by atoms with Crippen LogP contribution in [0.15, 0.2) is 0 Å². The Balaban J connectivity index is 1.53. The Bertz CT molecular complexity index is 956. The third-order valence-corrected chi connectivity index (χ3v) is 9.14. The fourth-order valence-corrected chi connectivity index (χ4v) is 6.13. The molecule has 2 heterocycles. The number of nitrogens with two attached hydrogens (primary N) is 4. The maximum Gasteiger partial charge on any atom is 0.187 e. The van der Waals surface area contributed by atoms with E-state index < -0.39 is 116 Å². The van der Waals surface area contributed by atoms with E-state index in [9.17, 15) is 45.6 Å². The van der Waals surface area contributed by atoms with Gasteiger partial charge in [-0.05, 0) is 31.8 Å². The van der Waals surface area contributed by atoms with Gasteiger partial charge in [0.05, 0.1) is 18.8 Å². The molecule has 0 aromatic heterocycles. The number of hydrogen-bond acceptors (Lipinski definition) is 18. The second kappa shape index (κ2) is 14.8. The Morgan fingerprint density at radius 2 is 1.48 bits per heavy atom. The topological polar surface area (TPSA) is 332 Å². The number of hydrogen-bond donors (Lipinski definition) is 13. The summed E-state index contributed by atoms with van der Waals surface area (Å²) in [6.45, 7) is 0.362. The Kier molecular flexibility index (Phi) is 12.1. The molecule has 3 unspecified atom stereocenters. The highest BCUT2D eigenvalue weighted by atomic mass is 16.7. The van der Waals surface area contributed by atoms with Gasteiger partial charge >= 0.3 is 0 Å². The second-order valence-electron chi connectivity index (χ2n) is 12.4. The molecule has 0 aromatic carbocycles. The number of carbonyl (C=O) groups is 1. The van der Waals surface area contributed by atoms with Crippen LogP contribution in [-0.4, -0.2) is 170 Å². The van der Waals surface area contributed by atoms with Crippen LogP contribution in [0.1, 0.15) is 25.7 Å². The monoisotopic (exact) mass is 639 g/mol. The maximum atomic E-state index is 13.0. The Labute approximate surface area is 254 Å². The van der Waals surface area contributed by atoms with Crippen molar-refractivity contribution in [3.8, 4) is 0 Å². The smallest absolute Gasteiger partial charge is 0.187 e. The van der Waals surface area contributed by atoms with Gasteiger partial charge in [-0.3, -0.25) is 4.79 Å². The van der Waals surface area contributed by atoms with Crippen LogP contribution in [0.5, 0.6) is 0 Å². The SMILES string of the molecule is NCCCNC[C@H]1O[C@H](OC2[C@@H](N)C[C@@H](CC(=O)C3(O)CC3N)[C@H](O[C@H]3O[C@H](CO)[C@@H](O)[C@H](N)[C@H]3O)[C@H]2O)[C@H](O)[C@@H](O)[C@@H]1O. The van der Waals surface area contributed by atoms with Crippen LogP contribution in [0.3, 0.4) is 0 Å². The van der Waals surface area contributed by atoms with Gasteiger partial charge in [0.25, 0.3) is 0 Å². The van der Waals surface area contributed by atoms with Crippen molar-refractivity contribution in [2.75, 3.05) is 26.2 Å². The van der Waals surface area contributed by atoms with Gasteiger partial charge in [0.2, 0.25) is 0 Å². The maximum absolute atomic E-state index is 13.0. The highest BCUT2D eigenvalue weighted by Crippen LogP contribution is 2.41. The van der Waals surface area contributed by atoms with E-state index >= 15 is 0 Å². The van der Waals surface area contributed by atoms with Crippen molar-refractivity contribution in [2.45, 2.75) is 123 Å². The summed E-state index contributed by atoms with van der Waals surface area (Å²) in [6.07, 6.45) is -17.2. The van der Waals surface area contributed by atoms with Crippen LogP contribution < -0.4 is 28.3 Å². The van der Waals surface area contributed by atoms with E-state index in [1.54, 1.807) is 0 Å². The van der Waals surface area contributed by atoms with Crippen LogP contribution in [0.2, 0.25) is 0 Å². The standard InChI is InChI=1S/C26H49N5O13/c27-2-1-3-31-7-11-17(35)19(37)20(38)25(41-11)44-23-10(28)4-9(5-14(33)26(40)6-13(26)29)22(21(23)39)43-24-18(36)15(30)16(34)12(8-32)42-24/h9-13,15-25,31-32,34-40H,1-8,27-30H2/t9-,10-,11+,12+,13?,15-,16+,17+,18+,19-,20+,21+,22-,23?,24+,25+,26?/m0/s1. The van der Waals surface area contributed by atoms with Gasteiger partial charge in [-0.25, -0.2) is 0 Å². The molecule has 4 aliphatic rings. The molecular formula is C26H49N5O13. The van der Waals surface area contributed by atoms with Crippen molar-refractivity contribution >= 4 is 5.78 Å². The Morgan fingerprint density at radius 3 is 2.09 bits per heavy atom.